The Kier molecular flexibility index (Phi) is 6.98. The maximum atomic E-state index is 12.6. The smallest absolute Gasteiger partial charge is 0.406 e. The van der Waals surface area contributed by atoms with Crippen LogP contribution in [-0.4, -0.2) is 35.4 Å². The molecule has 0 aliphatic carbocycles. The fourth-order valence-electron chi connectivity index (χ4n) is 2.63. The summed E-state index contributed by atoms with van der Waals surface area (Å²) in [6.45, 7) is 0. The van der Waals surface area contributed by atoms with Gasteiger partial charge < -0.3 is 19.9 Å². The summed E-state index contributed by atoms with van der Waals surface area (Å²) >= 11 is 5.83. The van der Waals surface area contributed by atoms with Crippen LogP contribution in [0.2, 0.25) is 5.02 Å². The molecule has 2 aromatic carbocycles. The van der Waals surface area contributed by atoms with E-state index in [4.69, 9.17) is 16.1 Å². The van der Waals surface area contributed by atoms with Crippen LogP contribution in [0.15, 0.2) is 53.1 Å². The zero-order valence-corrected chi connectivity index (χ0v) is 17.2. The summed E-state index contributed by atoms with van der Waals surface area (Å²) in [7, 11) is 1.43. The molecule has 2 amide bonds. The second kappa shape index (κ2) is 9.69. The lowest BCUT2D eigenvalue weighted by atomic mass is 10.1. The lowest BCUT2D eigenvalue weighted by Crippen LogP contribution is -2.33. The highest BCUT2D eigenvalue weighted by atomic mass is 35.5. The lowest BCUT2D eigenvalue weighted by Gasteiger charge is -2.14. The number of nitrogens with one attached hydrogen (secondary N) is 2. The van der Waals surface area contributed by atoms with Crippen molar-refractivity contribution >= 4 is 23.4 Å². The predicted octanol–water partition coefficient (Wildman–Crippen LogP) is 3.90. The van der Waals surface area contributed by atoms with Crippen molar-refractivity contribution in [2.45, 2.75) is 18.8 Å². The number of halogens is 4. The number of carbonyl (C=O) groups excluding carboxylic acids is 2. The highest BCUT2D eigenvalue weighted by Gasteiger charge is 2.31. The molecular weight excluding hydrogens is 453 g/mol. The minimum absolute atomic E-state index is 0.0541. The number of rotatable bonds is 7. The Balaban J connectivity index is 1.79. The monoisotopic (exact) mass is 468 g/mol. The molecule has 0 fully saturated rings. The largest absolute Gasteiger partial charge is 0.573 e. The number of hydrogen-bond acceptors (Lipinski definition) is 6. The molecule has 0 radical (unpaired) electrons. The number of aromatic nitrogens is 2. The molecular formula is C20H16ClF3N4O4. The van der Waals surface area contributed by atoms with Crippen LogP contribution in [0.25, 0.3) is 11.4 Å². The van der Waals surface area contributed by atoms with E-state index in [2.05, 4.69) is 25.5 Å². The minimum atomic E-state index is -4.81. The van der Waals surface area contributed by atoms with Crippen LogP contribution in [0, 0.1) is 0 Å². The molecule has 1 heterocycles. The number of amides is 2. The Labute approximate surface area is 184 Å². The first-order chi connectivity index (χ1) is 15.1. The van der Waals surface area contributed by atoms with E-state index < -0.39 is 24.1 Å². The SMILES string of the molecule is CNC(=O)C[C@H](NC(=O)c1ccc(Cl)cc1)c1nc(-c2ccc(OC(F)(F)F)cc2)no1. The molecule has 12 heteroatoms. The average Bonchev–Trinajstić information content (AvgIpc) is 3.23. The van der Waals surface area contributed by atoms with E-state index in [1.165, 1.54) is 31.3 Å². The van der Waals surface area contributed by atoms with Gasteiger partial charge in [-0.2, -0.15) is 4.98 Å². The summed E-state index contributed by atoms with van der Waals surface area (Å²) in [6, 6.07) is 9.99. The van der Waals surface area contributed by atoms with Crippen LogP contribution in [0.4, 0.5) is 13.2 Å². The summed E-state index contributed by atoms with van der Waals surface area (Å²) in [4.78, 5) is 28.6. The van der Waals surface area contributed by atoms with E-state index in [1.807, 2.05) is 0 Å². The first-order valence-electron chi connectivity index (χ1n) is 9.11. The molecule has 1 aromatic heterocycles. The Morgan fingerprint density at radius 2 is 1.78 bits per heavy atom. The Morgan fingerprint density at radius 3 is 2.38 bits per heavy atom. The molecule has 3 rings (SSSR count). The van der Waals surface area contributed by atoms with E-state index in [9.17, 15) is 22.8 Å². The van der Waals surface area contributed by atoms with E-state index in [1.54, 1.807) is 12.1 Å². The fraction of sp³-hybridized carbons (Fsp3) is 0.200. The van der Waals surface area contributed by atoms with Gasteiger partial charge in [0.2, 0.25) is 17.6 Å². The van der Waals surface area contributed by atoms with Gasteiger partial charge in [-0.15, -0.1) is 13.2 Å². The van der Waals surface area contributed by atoms with Crippen LogP contribution >= 0.6 is 11.6 Å². The first-order valence-corrected chi connectivity index (χ1v) is 9.49. The fourth-order valence-corrected chi connectivity index (χ4v) is 2.76. The van der Waals surface area contributed by atoms with Gasteiger partial charge in [-0.25, -0.2) is 0 Å². The molecule has 2 N–H and O–H groups in total. The topological polar surface area (TPSA) is 106 Å². The number of nitrogens with zero attached hydrogens (tertiary/aromatic N) is 2. The molecule has 0 saturated heterocycles. The summed E-state index contributed by atoms with van der Waals surface area (Å²) in [5.74, 6) is -1.29. The Bertz CT molecular complexity index is 1090. The summed E-state index contributed by atoms with van der Waals surface area (Å²) in [6.07, 6.45) is -4.99. The molecule has 8 nitrogen and oxygen atoms in total. The highest BCUT2D eigenvalue weighted by Crippen LogP contribution is 2.26. The zero-order chi connectivity index (χ0) is 23.3. The number of benzene rings is 2. The van der Waals surface area contributed by atoms with Crippen LogP contribution in [0.1, 0.15) is 28.7 Å². The number of alkyl halides is 3. The summed E-state index contributed by atoms with van der Waals surface area (Å²) in [5.41, 5.74) is 0.647. The van der Waals surface area contributed by atoms with Crippen LogP contribution in [-0.2, 0) is 4.79 Å². The quantitative estimate of drug-likeness (QED) is 0.545. The maximum absolute atomic E-state index is 12.6. The van der Waals surface area contributed by atoms with Crippen molar-refractivity contribution in [3.05, 3.63) is 65.0 Å². The molecule has 0 aliphatic heterocycles. The first kappa shape index (κ1) is 23.1. The van der Waals surface area contributed by atoms with Gasteiger partial charge in [-0.05, 0) is 48.5 Å². The third-order valence-corrected chi connectivity index (χ3v) is 4.42. The normalized spacial score (nSPS) is 12.2. The summed E-state index contributed by atoms with van der Waals surface area (Å²) in [5, 5.41) is 9.34. The predicted molar refractivity (Wildman–Crippen MR) is 107 cm³/mol. The lowest BCUT2D eigenvalue weighted by molar-refractivity contribution is -0.274. The van der Waals surface area contributed by atoms with Crippen molar-refractivity contribution in [2.75, 3.05) is 7.05 Å². The van der Waals surface area contributed by atoms with E-state index in [0.29, 0.717) is 16.1 Å². The van der Waals surface area contributed by atoms with Gasteiger partial charge in [0.15, 0.2) is 0 Å². The van der Waals surface area contributed by atoms with Crippen molar-refractivity contribution in [1.82, 2.24) is 20.8 Å². The van der Waals surface area contributed by atoms with E-state index in [-0.39, 0.29) is 24.0 Å². The molecule has 0 unspecified atom stereocenters. The van der Waals surface area contributed by atoms with Gasteiger partial charge in [-0.3, -0.25) is 9.59 Å². The van der Waals surface area contributed by atoms with Crippen molar-refractivity contribution in [3.63, 3.8) is 0 Å². The second-order valence-corrected chi connectivity index (χ2v) is 6.88. The van der Waals surface area contributed by atoms with Gasteiger partial charge in [0, 0.05) is 23.2 Å². The van der Waals surface area contributed by atoms with Gasteiger partial charge in [0.1, 0.15) is 11.8 Å². The van der Waals surface area contributed by atoms with Gasteiger partial charge in [0.25, 0.3) is 5.91 Å². The third kappa shape index (κ3) is 6.20. The van der Waals surface area contributed by atoms with Crippen molar-refractivity contribution in [2.24, 2.45) is 0 Å². The maximum Gasteiger partial charge on any atom is 0.573 e. The molecule has 168 valence electrons. The van der Waals surface area contributed by atoms with Crippen molar-refractivity contribution in [3.8, 4) is 17.1 Å². The molecule has 0 bridgehead atoms. The van der Waals surface area contributed by atoms with Crippen molar-refractivity contribution < 1.29 is 32.0 Å². The number of carbonyl (C=O) groups is 2. The standard InChI is InChI=1S/C20H16ClF3N4O4/c1-25-16(29)10-15(26-18(30)12-2-6-13(21)7-3-12)19-27-17(28-32-19)11-4-8-14(9-5-11)31-20(22,23)24/h2-9,15H,10H2,1H3,(H,25,29)(H,26,30)/t15-/m0/s1. The van der Waals surface area contributed by atoms with Crippen LogP contribution in [0.3, 0.4) is 0 Å². The van der Waals surface area contributed by atoms with Gasteiger partial charge >= 0.3 is 6.36 Å². The molecule has 1 atom stereocenters. The van der Waals surface area contributed by atoms with E-state index >= 15 is 0 Å². The van der Waals surface area contributed by atoms with Gasteiger partial charge in [-0.1, -0.05) is 16.8 Å². The Morgan fingerprint density at radius 1 is 1.12 bits per heavy atom. The number of ether oxygens (including phenoxy) is 1. The average molecular weight is 469 g/mol. The van der Waals surface area contributed by atoms with Crippen molar-refractivity contribution in [1.29, 1.82) is 0 Å². The number of hydrogen-bond donors (Lipinski definition) is 2. The second-order valence-electron chi connectivity index (χ2n) is 6.44. The molecule has 32 heavy (non-hydrogen) atoms. The minimum Gasteiger partial charge on any atom is -0.406 e. The van der Waals surface area contributed by atoms with E-state index in [0.717, 1.165) is 12.1 Å². The summed E-state index contributed by atoms with van der Waals surface area (Å²) < 4.78 is 45.9. The molecule has 3 aromatic rings. The molecule has 0 spiro atoms. The third-order valence-electron chi connectivity index (χ3n) is 4.17. The molecule has 0 saturated carbocycles. The molecule has 0 aliphatic rings. The highest BCUT2D eigenvalue weighted by molar-refractivity contribution is 6.30. The van der Waals surface area contributed by atoms with Gasteiger partial charge in [0.05, 0.1) is 6.42 Å². The van der Waals surface area contributed by atoms with Crippen LogP contribution in [0.5, 0.6) is 5.75 Å². The zero-order valence-electron chi connectivity index (χ0n) is 16.4. The van der Waals surface area contributed by atoms with Crippen LogP contribution < -0.4 is 15.4 Å². The Hall–Kier alpha value is -3.60.